The van der Waals surface area contributed by atoms with E-state index in [0.717, 1.165) is 35.1 Å². The molecule has 2 amide bonds. The van der Waals surface area contributed by atoms with Crippen LogP contribution in [0.1, 0.15) is 41.5 Å². The smallest absolute Gasteiger partial charge is 0.243 e. The van der Waals surface area contributed by atoms with Gasteiger partial charge in [0.15, 0.2) is 0 Å². The van der Waals surface area contributed by atoms with Crippen LogP contribution >= 0.6 is 11.6 Å². The van der Waals surface area contributed by atoms with Gasteiger partial charge in [-0.25, -0.2) is 8.42 Å². The normalized spacial score (nSPS) is 14.2. The van der Waals surface area contributed by atoms with Crippen LogP contribution in [-0.2, 0) is 45.5 Å². The van der Waals surface area contributed by atoms with Crippen LogP contribution in [0, 0.1) is 0 Å². The van der Waals surface area contributed by atoms with Gasteiger partial charge < -0.3 is 10.2 Å². The molecule has 0 radical (unpaired) electrons. The van der Waals surface area contributed by atoms with Crippen LogP contribution in [0.2, 0.25) is 5.02 Å². The lowest BCUT2D eigenvalue weighted by atomic mass is 10.0. The van der Waals surface area contributed by atoms with Crippen molar-refractivity contribution in [3.05, 3.63) is 131 Å². The SMILES string of the molecule is O=C(NCc1ccncc1)[C@H](Cc1ccccc1)N(Cc1ccc(Cl)cc1)C(=O)CCc1ccc(S(=O)(=O)N2CCCC2)cc1. The molecule has 5 rings (SSSR count). The largest absolute Gasteiger partial charge is 0.350 e. The summed E-state index contributed by atoms with van der Waals surface area (Å²) in [6.07, 6.45) is 5.98. The lowest BCUT2D eigenvalue weighted by molar-refractivity contribution is -0.141. The number of benzene rings is 3. The Kier molecular flexibility index (Phi) is 11.0. The molecule has 1 aromatic heterocycles. The van der Waals surface area contributed by atoms with E-state index in [1.165, 1.54) is 4.31 Å². The van der Waals surface area contributed by atoms with Crippen LogP contribution < -0.4 is 5.32 Å². The third kappa shape index (κ3) is 8.78. The van der Waals surface area contributed by atoms with E-state index in [4.69, 9.17) is 11.6 Å². The molecule has 1 atom stereocenters. The number of aryl methyl sites for hydroxylation is 1. The number of carbonyl (C=O) groups excluding carboxylic acids is 2. The molecule has 45 heavy (non-hydrogen) atoms. The van der Waals surface area contributed by atoms with Gasteiger partial charge in [0.25, 0.3) is 0 Å². The fourth-order valence-electron chi connectivity index (χ4n) is 5.45. The quantitative estimate of drug-likeness (QED) is 0.210. The van der Waals surface area contributed by atoms with E-state index < -0.39 is 16.1 Å². The summed E-state index contributed by atoms with van der Waals surface area (Å²) >= 11 is 6.13. The van der Waals surface area contributed by atoms with Gasteiger partial charge in [-0.1, -0.05) is 66.2 Å². The Morgan fingerprint density at radius 3 is 2.13 bits per heavy atom. The maximum atomic E-state index is 14.0. The van der Waals surface area contributed by atoms with Gasteiger partial charge >= 0.3 is 0 Å². The highest BCUT2D eigenvalue weighted by Crippen LogP contribution is 2.22. The Morgan fingerprint density at radius 2 is 1.47 bits per heavy atom. The summed E-state index contributed by atoms with van der Waals surface area (Å²) in [6.45, 7) is 1.62. The molecule has 1 aliphatic rings. The molecule has 3 aromatic carbocycles. The summed E-state index contributed by atoms with van der Waals surface area (Å²) < 4.78 is 27.4. The number of carbonyl (C=O) groups is 2. The molecular formula is C35H37ClN4O4S. The molecular weight excluding hydrogens is 608 g/mol. The number of hydrogen-bond acceptors (Lipinski definition) is 5. The first kappa shape index (κ1) is 32.3. The van der Waals surface area contributed by atoms with E-state index in [9.17, 15) is 18.0 Å². The number of rotatable bonds is 13. The van der Waals surface area contributed by atoms with Gasteiger partial charge in [-0.2, -0.15) is 4.31 Å². The van der Waals surface area contributed by atoms with Gasteiger partial charge in [0, 0.05) is 56.4 Å². The molecule has 0 saturated carbocycles. The van der Waals surface area contributed by atoms with Crippen LogP contribution in [0.3, 0.4) is 0 Å². The van der Waals surface area contributed by atoms with Gasteiger partial charge in [-0.3, -0.25) is 14.6 Å². The summed E-state index contributed by atoms with van der Waals surface area (Å²) in [7, 11) is -3.51. The van der Waals surface area contributed by atoms with E-state index in [1.54, 1.807) is 53.7 Å². The highest BCUT2D eigenvalue weighted by Gasteiger charge is 2.31. The summed E-state index contributed by atoms with van der Waals surface area (Å²) in [4.78, 5) is 33.8. The van der Waals surface area contributed by atoms with E-state index in [0.29, 0.717) is 37.5 Å². The lowest BCUT2D eigenvalue weighted by Crippen LogP contribution is -2.50. The molecule has 1 aliphatic heterocycles. The summed E-state index contributed by atoms with van der Waals surface area (Å²) in [5, 5.41) is 3.61. The molecule has 4 aromatic rings. The van der Waals surface area contributed by atoms with E-state index in [2.05, 4.69) is 10.3 Å². The fraction of sp³-hybridized carbons (Fsp3) is 0.286. The number of aromatic nitrogens is 1. The number of nitrogens with zero attached hydrogens (tertiary/aromatic N) is 3. The number of sulfonamides is 1. The maximum absolute atomic E-state index is 14.0. The van der Waals surface area contributed by atoms with E-state index in [-0.39, 0.29) is 29.7 Å². The minimum atomic E-state index is -3.51. The third-order valence-corrected chi connectivity index (χ3v) is 10.2. The first-order valence-corrected chi connectivity index (χ1v) is 16.9. The Labute approximate surface area is 270 Å². The molecule has 1 fully saturated rings. The summed E-state index contributed by atoms with van der Waals surface area (Å²) in [5.74, 6) is -0.437. The zero-order valence-corrected chi connectivity index (χ0v) is 26.6. The van der Waals surface area contributed by atoms with Crippen molar-refractivity contribution in [3.63, 3.8) is 0 Å². The predicted molar refractivity (Wildman–Crippen MR) is 175 cm³/mol. The van der Waals surface area contributed by atoms with E-state index in [1.807, 2.05) is 54.6 Å². The van der Waals surface area contributed by atoms with Gasteiger partial charge in [0.2, 0.25) is 21.8 Å². The molecule has 0 aliphatic carbocycles. The number of pyridine rings is 1. The van der Waals surface area contributed by atoms with Crippen molar-refractivity contribution in [2.24, 2.45) is 0 Å². The second-order valence-electron chi connectivity index (χ2n) is 11.2. The maximum Gasteiger partial charge on any atom is 0.243 e. The minimum Gasteiger partial charge on any atom is -0.350 e. The first-order chi connectivity index (χ1) is 21.8. The molecule has 1 N–H and O–H groups in total. The number of amides is 2. The molecule has 10 heteroatoms. The van der Waals surface area contributed by atoms with Gasteiger partial charge in [0.05, 0.1) is 4.90 Å². The molecule has 0 spiro atoms. The molecule has 2 heterocycles. The lowest BCUT2D eigenvalue weighted by Gasteiger charge is -2.32. The molecule has 0 unspecified atom stereocenters. The minimum absolute atomic E-state index is 0.148. The Bertz CT molecular complexity index is 1660. The van der Waals surface area contributed by atoms with Gasteiger partial charge in [0.1, 0.15) is 6.04 Å². The molecule has 0 bridgehead atoms. The van der Waals surface area contributed by atoms with Crippen LogP contribution in [0.5, 0.6) is 0 Å². The monoisotopic (exact) mass is 644 g/mol. The fourth-order valence-corrected chi connectivity index (χ4v) is 7.09. The second-order valence-corrected chi connectivity index (χ2v) is 13.6. The summed E-state index contributed by atoms with van der Waals surface area (Å²) in [6, 6.07) is 26.6. The highest BCUT2D eigenvalue weighted by molar-refractivity contribution is 7.89. The summed E-state index contributed by atoms with van der Waals surface area (Å²) in [5.41, 5.74) is 3.54. The zero-order chi connectivity index (χ0) is 31.6. The van der Waals surface area contributed by atoms with E-state index >= 15 is 0 Å². The second kappa shape index (κ2) is 15.3. The van der Waals surface area contributed by atoms with Gasteiger partial charge in [-0.05, 0) is 77.9 Å². The number of halogens is 1. The van der Waals surface area contributed by atoms with Crippen molar-refractivity contribution in [1.82, 2.24) is 19.5 Å². The van der Waals surface area contributed by atoms with Crippen LogP contribution in [0.4, 0.5) is 0 Å². The topological polar surface area (TPSA) is 99.7 Å². The predicted octanol–water partition coefficient (Wildman–Crippen LogP) is 5.41. The van der Waals surface area contributed by atoms with Crippen molar-refractivity contribution < 1.29 is 18.0 Å². The van der Waals surface area contributed by atoms with Gasteiger partial charge in [-0.15, -0.1) is 0 Å². The van der Waals surface area contributed by atoms with Crippen LogP contribution in [0.25, 0.3) is 0 Å². The van der Waals surface area contributed by atoms with Crippen molar-refractivity contribution in [2.75, 3.05) is 13.1 Å². The zero-order valence-electron chi connectivity index (χ0n) is 25.0. The average molecular weight is 645 g/mol. The molecule has 1 saturated heterocycles. The molecule has 234 valence electrons. The van der Waals surface area contributed by atoms with Crippen molar-refractivity contribution in [3.8, 4) is 0 Å². The first-order valence-electron chi connectivity index (χ1n) is 15.1. The van der Waals surface area contributed by atoms with Crippen LogP contribution in [0.15, 0.2) is 108 Å². The Balaban J connectivity index is 1.36. The number of hydrogen-bond donors (Lipinski definition) is 1. The van der Waals surface area contributed by atoms with Crippen LogP contribution in [-0.4, -0.2) is 53.6 Å². The number of nitrogens with one attached hydrogen (secondary N) is 1. The van der Waals surface area contributed by atoms with Crippen molar-refractivity contribution >= 4 is 33.4 Å². The highest BCUT2D eigenvalue weighted by atomic mass is 35.5. The Hall–Kier alpha value is -4.05. The Morgan fingerprint density at radius 1 is 0.822 bits per heavy atom. The van der Waals surface area contributed by atoms with Crippen molar-refractivity contribution in [2.45, 2.75) is 56.1 Å². The van der Waals surface area contributed by atoms with Crippen molar-refractivity contribution in [1.29, 1.82) is 0 Å². The average Bonchev–Trinajstić information content (AvgIpc) is 3.63. The third-order valence-electron chi connectivity index (χ3n) is 8.01. The molecule has 8 nitrogen and oxygen atoms in total. The standard InChI is InChI=1S/C35H37ClN4O4S/c36-31-13-8-30(9-14-31)26-40(33(24-28-6-2-1-3-7-28)35(42)38-25-29-18-20-37-21-19-29)34(41)17-12-27-10-15-32(16-11-27)45(43,44)39-22-4-5-23-39/h1-3,6-11,13-16,18-21,33H,4-5,12,17,22-26H2,(H,38,42)/t33-/m0/s1.